The molecule has 9 heteroatoms. The second kappa shape index (κ2) is 7.06. The van der Waals surface area contributed by atoms with Crippen LogP contribution in [0.25, 0.3) is 0 Å². The number of nitrogens with zero attached hydrogens (tertiary/aromatic N) is 4. The van der Waals surface area contributed by atoms with E-state index in [0.717, 1.165) is 48.1 Å². The lowest BCUT2D eigenvalue weighted by Gasteiger charge is -2.14. The summed E-state index contributed by atoms with van der Waals surface area (Å²) in [6.07, 6.45) is 5.30. The molecule has 0 saturated heterocycles. The molecule has 0 bridgehead atoms. The van der Waals surface area contributed by atoms with Crippen molar-refractivity contribution >= 4 is 17.5 Å². The summed E-state index contributed by atoms with van der Waals surface area (Å²) in [6.45, 7) is -0.811. The molecule has 4 rings (SSSR count). The van der Waals surface area contributed by atoms with Gasteiger partial charge in [-0.3, -0.25) is 9.78 Å². The number of carbonyl (C=O) groups excluding carboxylic acids is 1. The van der Waals surface area contributed by atoms with Crippen molar-refractivity contribution in [3.05, 3.63) is 65.2 Å². The van der Waals surface area contributed by atoms with E-state index in [1.807, 2.05) is 12.1 Å². The summed E-state index contributed by atoms with van der Waals surface area (Å²) >= 11 is 0.805. The molecule has 0 atom stereocenters. The number of aliphatic hydroxyl groups is 1. The molecule has 6 nitrogen and oxygen atoms in total. The highest BCUT2D eigenvalue weighted by atomic mass is 32.2. The molecule has 1 aliphatic rings. The summed E-state index contributed by atoms with van der Waals surface area (Å²) in [5.74, 6) is -1.81. The topological polar surface area (TPSA) is 80.9 Å². The Labute approximate surface area is 163 Å². The molecular formula is C19H16F2N4O2S. The molecular weight excluding hydrogens is 386 g/mol. The van der Waals surface area contributed by atoms with Crippen LogP contribution >= 0.6 is 11.8 Å². The summed E-state index contributed by atoms with van der Waals surface area (Å²) in [5.41, 5.74) is 0.545. The van der Waals surface area contributed by atoms with Crippen LogP contribution in [0.3, 0.4) is 0 Å². The van der Waals surface area contributed by atoms with Crippen molar-refractivity contribution in [1.29, 1.82) is 0 Å². The van der Waals surface area contributed by atoms with Gasteiger partial charge in [0.2, 0.25) is 0 Å². The molecule has 28 heavy (non-hydrogen) atoms. The van der Waals surface area contributed by atoms with E-state index in [9.17, 15) is 13.6 Å². The minimum atomic E-state index is -0.889. The van der Waals surface area contributed by atoms with Gasteiger partial charge in [0.1, 0.15) is 24.1 Å². The van der Waals surface area contributed by atoms with E-state index in [1.54, 1.807) is 24.0 Å². The Morgan fingerprint density at radius 3 is 2.57 bits per heavy atom. The van der Waals surface area contributed by atoms with Crippen molar-refractivity contribution < 1.29 is 18.7 Å². The van der Waals surface area contributed by atoms with E-state index < -0.39 is 24.0 Å². The molecule has 0 radical (unpaired) electrons. The van der Waals surface area contributed by atoms with Crippen LogP contribution in [0.5, 0.6) is 0 Å². The van der Waals surface area contributed by atoms with E-state index in [0.29, 0.717) is 5.16 Å². The zero-order valence-corrected chi connectivity index (χ0v) is 15.7. The number of rotatable bonds is 6. The third-order valence-electron chi connectivity index (χ3n) is 4.88. The zero-order chi connectivity index (χ0) is 19.9. The van der Waals surface area contributed by atoms with Crippen molar-refractivity contribution in [2.75, 3.05) is 6.61 Å². The molecule has 1 N–H and O–H groups in total. The Hall–Kier alpha value is -2.65. The largest absolute Gasteiger partial charge is 0.388 e. The van der Waals surface area contributed by atoms with Gasteiger partial charge in [-0.1, -0.05) is 6.07 Å². The lowest BCUT2D eigenvalue weighted by atomic mass is 9.97. The van der Waals surface area contributed by atoms with E-state index in [4.69, 9.17) is 5.11 Å². The first-order valence-electron chi connectivity index (χ1n) is 8.57. The fourth-order valence-electron chi connectivity index (χ4n) is 3.23. The fourth-order valence-corrected chi connectivity index (χ4v) is 4.03. The summed E-state index contributed by atoms with van der Waals surface area (Å²) in [4.78, 5) is 15.4. The molecule has 144 valence electrons. The number of pyridine rings is 1. The van der Waals surface area contributed by atoms with Crippen molar-refractivity contribution in [3.8, 4) is 0 Å². The molecule has 0 spiro atoms. The van der Waals surface area contributed by atoms with Gasteiger partial charge in [-0.25, -0.2) is 8.78 Å². The number of carbonyl (C=O) groups is 1. The predicted octanol–water partition coefficient (Wildman–Crippen LogP) is 2.89. The standard InChI is InChI=1S/C19H16F2N4O2S/c1-25-17(19(4-5-19)12-3-2-6-22-9-12)23-24-18(25)28-16-13(20)7-11(8-14(16)21)15(27)10-26/h2-3,6-9,26H,4-5,10H2,1H3. The number of halogens is 2. The molecule has 1 saturated carbocycles. The summed E-state index contributed by atoms with van der Waals surface area (Å²) < 4.78 is 30.5. The SMILES string of the molecule is Cn1c(Sc2c(F)cc(C(=O)CO)cc2F)nnc1C1(c2cccnc2)CC1. The predicted molar refractivity (Wildman–Crippen MR) is 97.2 cm³/mol. The van der Waals surface area contributed by atoms with Gasteiger partial charge >= 0.3 is 0 Å². The van der Waals surface area contributed by atoms with Crippen molar-refractivity contribution in [2.24, 2.45) is 7.05 Å². The zero-order valence-electron chi connectivity index (χ0n) is 14.9. The maximum atomic E-state index is 14.4. The van der Waals surface area contributed by atoms with E-state index in [2.05, 4.69) is 15.2 Å². The second-order valence-electron chi connectivity index (χ2n) is 6.64. The van der Waals surface area contributed by atoms with E-state index in [-0.39, 0.29) is 15.9 Å². The third-order valence-corrected chi connectivity index (χ3v) is 6.02. The van der Waals surface area contributed by atoms with Gasteiger partial charge in [0.05, 0.1) is 10.3 Å². The molecule has 1 fully saturated rings. The molecule has 1 aromatic carbocycles. The molecule has 2 heterocycles. The molecule has 0 aliphatic heterocycles. The Bertz CT molecular complexity index is 1030. The van der Waals surface area contributed by atoms with E-state index >= 15 is 0 Å². The Morgan fingerprint density at radius 1 is 1.29 bits per heavy atom. The average molecular weight is 402 g/mol. The first kappa shape index (κ1) is 18.7. The van der Waals surface area contributed by atoms with Crippen LogP contribution in [-0.2, 0) is 12.5 Å². The van der Waals surface area contributed by atoms with Crippen LogP contribution in [-0.4, -0.2) is 37.2 Å². The number of hydrogen-bond donors (Lipinski definition) is 1. The first-order chi connectivity index (χ1) is 13.5. The Kier molecular flexibility index (Phi) is 4.72. The van der Waals surface area contributed by atoms with Crippen molar-refractivity contribution in [3.63, 3.8) is 0 Å². The molecule has 1 aliphatic carbocycles. The normalized spacial score (nSPS) is 14.9. The molecule has 0 amide bonds. The first-order valence-corrected chi connectivity index (χ1v) is 9.39. The summed E-state index contributed by atoms with van der Waals surface area (Å²) in [6, 6.07) is 5.68. The van der Waals surface area contributed by atoms with Crippen LogP contribution in [0.2, 0.25) is 0 Å². The van der Waals surface area contributed by atoms with Crippen molar-refractivity contribution in [2.45, 2.75) is 28.3 Å². The van der Waals surface area contributed by atoms with E-state index in [1.165, 1.54) is 0 Å². The van der Waals surface area contributed by atoms with Crippen LogP contribution in [0.4, 0.5) is 8.78 Å². The van der Waals surface area contributed by atoms with Gasteiger partial charge in [0.25, 0.3) is 0 Å². The number of aromatic nitrogens is 4. The summed E-state index contributed by atoms with van der Waals surface area (Å²) in [7, 11) is 1.76. The van der Waals surface area contributed by atoms with Crippen LogP contribution in [0.15, 0.2) is 46.7 Å². The van der Waals surface area contributed by atoms with Gasteiger partial charge in [0.15, 0.2) is 10.9 Å². The number of aliphatic hydroxyl groups excluding tert-OH is 1. The maximum absolute atomic E-state index is 14.4. The van der Waals surface area contributed by atoms with Gasteiger partial charge in [0, 0.05) is 25.0 Å². The lowest BCUT2D eigenvalue weighted by molar-refractivity contribution is 0.0902. The third kappa shape index (κ3) is 3.10. The van der Waals surface area contributed by atoms with Crippen molar-refractivity contribution in [1.82, 2.24) is 19.7 Å². The monoisotopic (exact) mass is 402 g/mol. The minimum absolute atomic E-state index is 0.214. The Balaban J connectivity index is 1.66. The number of hydrogen-bond acceptors (Lipinski definition) is 6. The fraction of sp³-hybridized carbons (Fsp3) is 0.263. The summed E-state index contributed by atoms with van der Waals surface area (Å²) in [5, 5.41) is 17.6. The Morgan fingerprint density at radius 2 is 2.00 bits per heavy atom. The molecule has 2 aromatic heterocycles. The molecule has 3 aromatic rings. The maximum Gasteiger partial charge on any atom is 0.196 e. The minimum Gasteiger partial charge on any atom is -0.388 e. The van der Waals surface area contributed by atoms with Gasteiger partial charge in [-0.2, -0.15) is 0 Å². The average Bonchev–Trinajstić information content (AvgIpc) is 3.43. The second-order valence-corrected chi connectivity index (χ2v) is 7.62. The van der Waals surface area contributed by atoms with Crippen LogP contribution in [0.1, 0.15) is 34.6 Å². The quantitative estimate of drug-likeness (QED) is 0.639. The number of benzene rings is 1. The smallest absolute Gasteiger partial charge is 0.196 e. The number of ketones is 1. The highest BCUT2D eigenvalue weighted by Gasteiger charge is 2.50. The van der Waals surface area contributed by atoms with Gasteiger partial charge in [-0.15, -0.1) is 10.2 Å². The van der Waals surface area contributed by atoms with Crippen LogP contribution in [0, 0.1) is 11.6 Å². The highest BCUT2D eigenvalue weighted by Crippen LogP contribution is 2.52. The lowest BCUT2D eigenvalue weighted by Crippen LogP contribution is -2.15. The van der Waals surface area contributed by atoms with Crippen LogP contribution < -0.4 is 0 Å². The number of Topliss-reactive ketones (excluding diaryl/α,β-unsaturated/α-hetero) is 1. The van der Waals surface area contributed by atoms with Gasteiger partial charge < -0.3 is 9.67 Å². The molecule has 0 unspecified atom stereocenters. The van der Waals surface area contributed by atoms with Gasteiger partial charge in [-0.05, 0) is 48.4 Å². The highest BCUT2D eigenvalue weighted by molar-refractivity contribution is 7.99.